The van der Waals surface area contributed by atoms with Crippen molar-refractivity contribution in [1.29, 1.82) is 0 Å². The summed E-state index contributed by atoms with van der Waals surface area (Å²) in [4.78, 5) is 15.1. The Hall–Kier alpha value is -3.51. The maximum atomic E-state index is 13.2. The average Bonchev–Trinajstić information content (AvgIpc) is 3.05. The first-order valence-corrected chi connectivity index (χ1v) is 11.2. The van der Waals surface area contributed by atoms with Gasteiger partial charge in [-0.3, -0.25) is 4.90 Å². The van der Waals surface area contributed by atoms with Gasteiger partial charge in [0.15, 0.2) is 6.79 Å². The topological polar surface area (TPSA) is 60.0 Å². The van der Waals surface area contributed by atoms with E-state index in [1.165, 1.54) is 0 Å². The van der Waals surface area contributed by atoms with Crippen LogP contribution < -0.4 is 19.7 Å². The van der Waals surface area contributed by atoms with Crippen molar-refractivity contribution >= 4 is 17.4 Å². The number of fused-ring (bicyclic) bond motifs is 1. The molecule has 0 saturated carbocycles. The fraction of sp³-hybridized carbons (Fsp3) is 0.296. The zero-order valence-electron chi connectivity index (χ0n) is 19.2. The molecule has 2 amide bonds. The van der Waals surface area contributed by atoms with Crippen molar-refractivity contribution in [3.05, 3.63) is 83.4 Å². The van der Waals surface area contributed by atoms with Crippen LogP contribution in [0.25, 0.3) is 0 Å². The van der Waals surface area contributed by atoms with E-state index in [0.717, 1.165) is 53.1 Å². The molecule has 0 atom stereocenters. The Balaban J connectivity index is 1.47. The van der Waals surface area contributed by atoms with E-state index in [9.17, 15) is 4.79 Å². The number of amides is 2. The molecule has 1 N–H and O–H groups in total. The van der Waals surface area contributed by atoms with E-state index in [2.05, 4.69) is 11.4 Å². The molecule has 3 aromatic rings. The molecule has 0 unspecified atom stereocenters. The first kappa shape index (κ1) is 22.7. The molecular weight excluding hydrogens is 416 g/mol. The average molecular weight is 447 g/mol. The summed E-state index contributed by atoms with van der Waals surface area (Å²) in [7, 11) is 1.58. The third-order valence-corrected chi connectivity index (χ3v) is 5.70. The Kier molecular flexibility index (Phi) is 7.47. The molecule has 6 nitrogen and oxygen atoms in total. The van der Waals surface area contributed by atoms with Gasteiger partial charge in [-0.05, 0) is 79.3 Å². The SMILES string of the molecule is COCOc1ccc(NC(=O)N2CCCCc3cc(OCc4ccccc4)ccc32)c(C)c1. The third kappa shape index (κ3) is 5.84. The van der Waals surface area contributed by atoms with Gasteiger partial charge >= 0.3 is 6.03 Å². The Labute approximate surface area is 195 Å². The van der Waals surface area contributed by atoms with Crippen LogP contribution >= 0.6 is 0 Å². The Bertz CT molecular complexity index is 1080. The van der Waals surface area contributed by atoms with Crippen LogP contribution in [0.15, 0.2) is 66.7 Å². The van der Waals surface area contributed by atoms with Crippen LogP contribution in [-0.2, 0) is 17.8 Å². The number of ether oxygens (including phenoxy) is 3. The van der Waals surface area contributed by atoms with Gasteiger partial charge in [-0.25, -0.2) is 4.79 Å². The number of aryl methyl sites for hydroxylation is 2. The van der Waals surface area contributed by atoms with Gasteiger partial charge in [-0.1, -0.05) is 30.3 Å². The smallest absolute Gasteiger partial charge is 0.326 e. The van der Waals surface area contributed by atoms with Gasteiger partial charge in [-0.2, -0.15) is 0 Å². The molecule has 0 bridgehead atoms. The van der Waals surface area contributed by atoms with Gasteiger partial charge < -0.3 is 19.5 Å². The number of nitrogens with zero attached hydrogens (tertiary/aromatic N) is 1. The highest BCUT2D eigenvalue weighted by atomic mass is 16.7. The first-order chi connectivity index (χ1) is 16.1. The maximum absolute atomic E-state index is 13.2. The Morgan fingerprint density at radius 2 is 1.76 bits per heavy atom. The summed E-state index contributed by atoms with van der Waals surface area (Å²) in [6, 6.07) is 21.6. The number of rotatable bonds is 7. The van der Waals surface area contributed by atoms with Gasteiger partial charge in [-0.15, -0.1) is 0 Å². The van der Waals surface area contributed by atoms with Gasteiger partial charge in [0.2, 0.25) is 0 Å². The number of nitrogens with one attached hydrogen (secondary N) is 1. The molecule has 4 rings (SSSR count). The van der Waals surface area contributed by atoms with E-state index in [-0.39, 0.29) is 12.8 Å². The molecule has 0 spiro atoms. The van der Waals surface area contributed by atoms with Gasteiger partial charge in [0, 0.05) is 25.0 Å². The Morgan fingerprint density at radius 1 is 0.970 bits per heavy atom. The van der Waals surface area contributed by atoms with Crippen LogP contribution in [0.5, 0.6) is 11.5 Å². The summed E-state index contributed by atoms with van der Waals surface area (Å²) in [6.07, 6.45) is 2.90. The minimum Gasteiger partial charge on any atom is -0.489 e. The van der Waals surface area contributed by atoms with E-state index in [1.54, 1.807) is 7.11 Å². The summed E-state index contributed by atoms with van der Waals surface area (Å²) >= 11 is 0. The van der Waals surface area contributed by atoms with E-state index in [1.807, 2.05) is 72.5 Å². The largest absolute Gasteiger partial charge is 0.489 e. The molecule has 0 radical (unpaired) electrons. The maximum Gasteiger partial charge on any atom is 0.326 e. The van der Waals surface area contributed by atoms with Crippen LogP contribution in [0.3, 0.4) is 0 Å². The number of anilines is 2. The van der Waals surface area contributed by atoms with Gasteiger partial charge in [0.1, 0.15) is 18.1 Å². The second-order valence-electron chi connectivity index (χ2n) is 8.13. The number of hydrogen-bond acceptors (Lipinski definition) is 4. The summed E-state index contributed by atoms with van der Waals surface area (Å²) in [5.41, 5.74) is 4.89. The second-order valence-corrected chi connectivity index (χ2v) is 8.13. The quantitative estimate of drug-likeness (QED) is 0.457. The molecule has 1 heterocycles. The van der Waals surface area contributed by atoms with Crippen molar-refractivity contribution in [2.24, 2.45) is 0 Å². The highest BCUT2D eigenvalue weighted by molar-refractivity contribution is 6.02. The molecular formula is C27H30N2O4. The zero-order valence-corrected chi connectivity index (χ0v) is 19.2. The summed E-state index contributed by atoms with van der Waals surface area (Å²) in [6.45, 7) is 3.33. The van der Waals surface area contributed by atoms with Gasteiger partial charge in [0.25, 0.3) is 0 Å². The fourth-order valence-electron chi connectivity index (χ4n) is 3.95. The van der Waals surface area contributed by atoms with E-state index in [4.69, 9.17) is 14.2 Å². The highest BCUT2D eigenvalue weighted by Crippen LogP contribution is 2.31. The van der Waals surface area contributed by atoms with Crippen LogP contribution in [-0.4, -0.2) is 26.5 Å². The molecule has 0 saturated heterocycles. The minimum atomic E-state index is -0.134. The van der Waals surface area contributed by atoms with Crippen LogP contribution in [0.1, 0.15) is 29.5 Å². The van der Waals surface area contributed by atoms with Crippen molar-refractivity contribution < 1.29 is 19.0 Å². The summed E-state index contributed by atoms with van der Waals surface area (Å²) in [5, 5.41) is 3.06. The first-order valence-electron chi connectivity index (χ1n) is 11.2. The molecule has 0 aromatic heterocycles. The second kappa shape index (κ2) is 10.9. The fourth-order valence-corrected chi connectivity index (χ4v) is 3.95. The lowest BCUT2D eigenvalue weighted by Gasteiger charge is -2.24. The molecule has 1 aliphatic rings. The summed E-state index contributed by atoms with van der Waals surface area (Å²) in [5.74, 6) is 1.53. The van der Waals surface area contributed by atoms with Crippen molar-refractivity contribution in [1.82, 2.24) is 0 Å². The minimum absolute atomic E-state index is 0.134. The molecule has 172 valence electrons. The summed E-state index contributed by atoms with van der Waals surface area (Å²) < 4.78 is 16.4. The van der Waals surface area contributed by atoms with Gasteiger partial charge in [0.05, 0.1) is 0 Å². The molecule has 6 heteroatoms. The van der Waals surface area contributed by atoms with Crippen molar-refractivity contribution in [2.45, 2.75) is 32.8 Å². The van der Waals surface area contributed by atoms with Crippen molar-refractivity contribution in [3.8, 4) is 11.5 Å². The van der Waals surface area contributed by atoms with Crippen molar-refractivity contribution in [2.75, 3.05) is 30.7 Å². The van der Waals surface area contributed by atoms with E-state index < -0.39 is 0 Å². The number of hydrogen-bond donors (Lipinski definition) is 1. The lowest BCUT2D eigenvalue weighted by Crippen LogP contribution is -2.35. The number of urea groups is 1. The lowest BCUT2D eigenvalue weighted by atomic mass is 10.1. The molecule has 0 aliphatic carbocycles. The standard InChI is InChI=1S/C27H30N2O4/c1-20-16-23(33-19-31-2)11-13-25(20)28-27(30)29-15-7-6-10-22-17-24(12-14-26(22)29)32-18-21-8-4-3-5-9-21/h3-5,8-9,11-14,16-17H,6-7,10,15,18-19H2,1-2H3,(H,28,30). The third-order valence-electron chi connectivity index (χ3n) is 5.70. The lowest BCUT2D eigenvalue weighted by molar-refractivity contribution is 0.0511. The predicted molar refractivity (Wildman–Crippen MR) is 130 cm³/mol. The molecule has 0 fully saturated rings. The zero-order chi connectivity index (χ0) is 23.0. The molecule has 1 aliphatic heterocycles. The van der Waals surface area contributed by atoms with Crippen LogP contribution in [0, 0.1) is 6.92 Å². The Morgan fingerprint density at radius 3 is 2.55 bits per heavy atom. The van der Waals surface area contributed by atoms with Crippen LogP contribution in [0.2, 0.25) is 0 Å². The van der Waals surface area contributed by atoms with E-state index in [0.29, 0.717) is 18.9 Å². The number of carbonyl (C=O) groups excluding carboxylic acids is 1. The molecule has 3 aromatic carbocycles. The normalized spacial score (nSPS) is 13.1. The molecule has 33 heavy (non-hydrogen) atoms. The predicted octanol–water partition coefficient (Wildman–Crippen LogP) is 5.93. The number of carbonyl (C=O) groups is 1. The monoisotopic (exact) mass is 446 g/mol. The number of benzene rings is 3. The van der Waals surface area contributed by atoms with Crippen LogP contribution in [0.4, 0.5) is 16.2 Å². The van der Waals surface area contributed by atoms with Crippen molar-refractivity contribution in [3.63, 3.8) is 0 Å². The van der Waals surface area contributed by atoms with E-state index >= 15 is 0 Å². The number of methoxy groups -OCH3 is 1. The highest BCUT2D eigenvalue weighted by Gasteiger charge is 2.22.